The van der Waals surface area contributed by atoms with E-state index in [0.29, 0.717) is 17.1 Å². The lowest BCUT2D eigenvalue weighted by Crippen LogP contribution is -2.21. The molecule has 3 nitrogen and oxygen atoms in total. The molecule has 5 heteroatoms. The van der Waals surface area contributed by atoms with Gasteiger partial charge in [0.25, 0.3) is 0 Å². The van der Waals surface area contributed by atoms with E-state index in [9.17, 15) is 12.6 Å². The van der Waals surface area contributed by atoms with Crippen molar-refractivity contribution in [1.29, 1.82) is 0 Å². The average Bonchev–Trinajstić information content (AvgIpc) is 2.54. The second kappa shape index (κ2) is 5.56. The Morgan fingerprint density at radius 2 is 1.87 bits per heavy atom. The van der Waals surface area contributed by atoms with Crippen LogP contribution >= 0.6 is 0 Å². The highest BCUT2D eigenvalue weighted by atomic mass is 32.2. The van der Waals surface area contributed by atoms with Crippen molar-refractivity contribution in [3.8, 4) is 0 Å². The monoisotopic (exact) mass is 346 g/mol. The fourth-order valence-electron chi connectivity index (χ4n) is 3.62. The van der Waals surface area contributed by atoms with Gasteiger partial charge >= 0.3 is 0 Å². The first-order chi connectivity index (χ1) is 11.0. The zero-order valence-corrected chi connectivity index (χ0v) is 14.3. The first kappa shape index (κ1) is 15.1. The van der Waals surface area contributed by atoms with Crippen LogP contribution in [0.25, 0.3) is 0 Å². The molecule has 0 aliphatic carbocycles. The summed E-state index contributed by atoms with van der Waals surface area (Å²) < 4.78 is 36.7. The molecule has 2 aliphatic rings. The Kier molecular flexibility index (Phi) is 3.65. The third-order valence-electron chi connectivity index (χ3n) is 4.79. The van der Waals surface area contributed by atoms with E-state index in [1.807, 2.05) is 36.4 Å². The Morgan fingerprint density at radius 3 is 2.74 bits per heavy atom. The van der Waals surface area contributed by atoms with E-state index in [0.717, 1.165) is 34.4 Å². The highest BCUT2D eigenvalue weighted by molar-refractivity contribution is 7.91. The standard InChI is InChI=1S/C18H18O3S2/c19-22-12-16(11-14-4-1-2-6-17(14)22)13-7-8-18-15(10-13)5-3-9-23(18,20)21/h1-2,4,6-8,10,16H,3,5,9,11-12H2. The number of benzene rings is 2. The van der Waals surface area contributed by atoms with Crippen LogP contribution in [-0.4, -0.2) is 24.1 Å². The predicted molar refractivity (Wildman–Crippen MR) is 91.0 cm³/mol. The number of hydrogen-bond donors (Lipinski definition) is 0. The largest absolute Gasteiger partial charge is 0.254 e. The van der Waals surface area contributed by atoms with Gasteiger partial charge in [0.2, 0.25) is 0 Å². The van der Waals surface area contributed by atoms with E-state index in [1.54, 1.807) is 6.07 Å². The summed E-state index contributed by atoms with van der Waals surface area (Å²) in [4.78, 5) is 1.44. The van der Waals surface area contributed by atoms with Crippen LogP contribution in [0.3, 0.4) is 0 Å². The second-order valence-electron chi connectivity index (χ2n) is 6.31. The Bertz CT molecular complexity index is 900. The van der Waals surface area contributed by atoms with Crippen molar-refractivity contribution in [3.63, 3.8) is 0 Å². The van der Waals surface area contributed by atoms with Crippen molar-refractivity contribution >= 4 is 20.6 Å². The fourth-order valence-corrected chi connectivity index (χ4v) is 6.73. The molecular formula is C18H18O3S2. The second-order valence-corrected chi connectivity index (χ2v) is 9.85. The highest BCUT2D eigenvalue weighted by Gasteiger charge is 2.28. The first-order valence-corrected chi connectivity index (χ1v) is 10.8. The number of sulfone groups is 1. The van der Waals surface area contributed by atoms with Gasteiger partial charge in [-0.1, -0.05) is 30.3 Å². The molecule has 0 spiro atoms. The van der Waals surface area contributed by atoms with Crippen molar-refractivity contribution in [2.75, 3.05) is 11.5 Å². The molecule has 0 aromatic heterocycles. The SMILES string of the molecule is O=S1CC(c2ccc3c(c2)CCCS3(=O)=O)Cc2ccccc21. The van der Waals surface area contributed by atoms with Crippen LogP contribution in [-0.2, 0) is 33.5 Å². The van der Waals surface area contributed by atoms with Gasteiger partial charge in [-0.3, -0.25) is 4.21 Å². The van der Waals surface area contributed by atoms with Crippen LogP contribution < -0.4 is 0 Å². The van der Waals surface area contributed by atoms with Crippen molar-refractivity contribution in [2.45, 2.75) is 35.0 Å². The zero-order valence-electron chi connectivity index (χ0n) is 12.7. The predicted octanol–water partition coefficient (Wildman–Crippen LogP) is 2.85. The Labute approximate surface area is 139 Å². The normalized spacial score (nSPS) is 25.4. The molecule has 0 saturated carbocycles. The molecule has 2 atom stereocenters. The van der Waals surface area contributed by atoms with E-state index in [4.69, 9.17) is 0 Å². The van der Waals surface area contributed by atoms with Gasteiger partial charge in [-0.05, 0) is 54.0 Å². The zero-order chi connectivity index (χ0) is 16.0. The van der Waals surface area contributed by atoms with E-state index in [1.165, 1.54) is 0 Å². The van der Waals surface area contributed by atoms with E-state index < -0.39 is 20.6 Å². The van der Waals surface area contributed by atoms with Gasteiger partial charge in [-0.15, -0.1) is 0 Å². The first-order valence-electron chi connectivity index (χ1n) is 7.86. The summed E-state index contributed by atoms with van der Waals surface area (Å²) in [7, 11) is -4.09. The van der Waals surface area contributed by atoms with Crippen LogP contribution in [0.2, 0.25) is 0 Å². The van der Waals surface area contributed by atoms with Crippen LogP contribution in [0.5, 0.6) is 0 Å². The average molecular weight is 346 g/mol. The maximum Gasteiger partial charge on any atom is 0.178 e. The maximum absolute atomic E-state index is 12.5. The molecule has 0 bridgehead atoms. The quantitative estimate of drug-likeness (QED) is 0.798. The van der Waals surface area contributed by atoms with Gasteiger partial charge in [-0.2, -0.15) is 0 Å². The summed E-state index contributed by atoms with van der Waals surface area (Å²) in [5, 5.41) is 0. The molecule has 2 unspecified atom stereocenters. The topological polar surface area (TPSA) is 51.2 Å². The molecule has 2 aromatic rings. The van der Waals surface area contributed by atoms with Crippen molar-refractivity contribution in [3.05, 3.63) is 59.2 Å². The molecule has 0 amide bonds. The summed E-state index contributed by atoms with van der Waals surface area (Å²) in [6.07, 6.45) is 2.38. The molecule has 0 N–H and O–H groups in total. The lowest BCUT2D eigenvalue weighted by atomic mass is 9.91. The number of rotatable bonds is 1. The molecule has 2 heterocycles. The van der Waals surface area contributed by atoms with Gasteiger partial charge < -0.3 is 0 Å². The summed E-state index contributed by atoms with van der Waals surface area (Å²) in [6, 6.07) is 13.6. The Hall–Kier alpha value is -1.46. The minimum atomic E-state index is -3.11. The Balaban J connectivity index is 1.72. The van der Waals surface area contributed by atoms with Gasteiger partial charge in [0, 0.05) is 10.6 Å². The van der Waals surface area contributed by atoms with Crippen molar-refractivity contribution in [1.82, 2.24) is 0 Å². The lowest BCUT2D eigenvalue weighted by molar-refractivity contribution is 0.586. The summed E-state index contributed by atoms with van der Waals surface area (Å²) in [6.45, 7) is 0. The molecular weight excluding hydrogens is 328 g/mol. The number of aryl methyl sites for hydroxylation is 1. The molecule has 120 valence electrons. The van der Waals surface area contributed by atoms with Crippen LogP contribution in [0, 0.1) is 0 Å². The fraction of sp³-hybridized carbons (Fsp3) is 0.333. The van der Waals surface area contributed by atoms with Crippen LogP contribution in [0.4, 0.5) is 0 Å². The maximum atomic E-state index is 12.5. The van der Waals surface area contributed by atoms with Crippen LogP contribution in [0.15, 0.2) is 52.3 Å². The summed E-state index contributed by atoms with van der Waals surface area (Å²) in [5.41, 5.74) is 3.19. The molecule has 2 aromatic carbocycles. The molecule has 23 heavy (non-hydrogen) atoms. The van der Waals surface area contributed by atoms with E-state index in [2.05, 4.69) is 0 Å². The molecule has 0 radical (unpaired) electrons. The summed E-state index contributed by atoms with van der Waals surface area (Å²) >= 11 is 0. The van der Waals surface area contributed by atoms with E-state index >= 15 is 0 Å². The third kappa shape index (κ3) is 2.66. The number of fused-ring (bicyclic) bond motifs is 2. The minimum Gasteiger partial charge on any atom is -0.254 e. The molecule has 0 saturated heterocycles. The highest BCUT2D eigenvalue weighted by Crippen LogP contribution is 2.34. The van der Waals surface area contributed by atoms with Gasteiger partial charge in [0.05, 0.1) is 21.4 Å². The molecule has 4 rings (SSSR count). The lowest BCUT2D eigenvalue weighted by Gasteiger charge is -2.26. The van der Waals surface area contributed by atoms with E-state index in [-0.39, 0.29) is 11.7 Å². The van der Waals surface area contributed by atoms with Gasteiger partial charge in [0.1, 0.15) is 0 Å². The smallest absolute Gasteiger partial charge is 0.178 e. The van der Waals surface area contributed by atoms with Gasteiger partial charge in [-0.25, -0.2) is 8.42 Å². The minimum absolute atomic E-state index is 0.195. The number of hydrogen-bond acceptors (Lipinski definition) is 3. The van der Waals surface area contributed by atoms with Crippen LogP contribution in [0.1, 0.15) is 29.0 Å². The van der Waals surface area contributed by atoms with Crippen molar-refractivity contribution in [2.24, 2.45) is 0 Å². The third-order valence-corrected chi connectivity index (χ3v) is 8.28. The molecule has 2 aliphatic heterocycles. The van der Waals surface area contributed by atoms with Gasteiger partial charge in [0.15, 0.2) is 9.84 Å². The Morgan fingerprint density at radius 1 is 1.04 bits per heavy atom. The molecule has 0 fully saturated rings. The summed E-state index contributed by atoms with van der Waals surface area (Å²) in [5.74, 6) is 1.06. The van der Waals surface area contributed by atoms with Crippen molar-refractivity contribution < 1.29 is 12.6 Å².